The van der Waals surface area contributed by atoms with E-state index in [0.717, 1.165) is 7.11 Å². The van der Waals surface area contributed by atoms with Crippen LogP contribution in [-0.4, -0.2) is 39.6 Å². The van der Waals surface area contributed by atoms with Crippen LogP contribution in [0.4, 0.5) is 5.82 Å². The summed E-state index contributed by atoms with van der Waals surface area (Å²) in [4.78, 5) is 11.0. The SMILES string of the molecule is COC(=O)C(O)C(O)c1[nH]nc(N)c1C#N. The minimum atomic E-state index is -1.81. The molecule has 0 aliphatic rings. The first-order valence-electron chi connectivity index (χ1n) is 4.20. The molecule has 8 nitrogen and oxygen atoms in total. The molecule has 0 bridgehead atoms. The lowest BCUT2D eigenvalue weighted by Crippen LogP contribution is -2.29. The number of anilines is 1. The topological polar surface area (TPSA) is 145 Å². The first-order chi connectivity index (χ1) is 7.52. The van der Waals surface area contributed by atoms with Crippen LogP contribution in [0.2, 0.25) is 0 Å². The maximum Gasteiger partial charge on any atom is 0.337 e. The molecule has 2 atom stereocenters. The van der Waals surface area contributed by atoms with E-state index < -0.39 is 18.2 Å². The second kappa shape index (κ2) is 4.61. The van der Waals surface area contributed by atoms with Crippen molar-refractivity contribution in [3.05, 3.63) is 11.3 Å². The standard InChI is InChI=1S/C8H10N4O4/c1-16-8(15)6(14)5(13)4-3(2-9)7(10)12-11-4/h5-6,13-14H,1H3,(H3,10,11,12). The van der Waals surface area contributed by atoms with Gasteiger partial charge in [0.15, 0.2) is 11.9 Å². The van der Waals surface area contributed by atoms with Crippen LogP contribution in [0.15, 0.2) is 0 Å². The molecule has 16 heavy (non-hydrogen) atoms. The number of nitrogens with zero attached hydrogens (tertiary/aromatic N) is 2. The molecule has 1 aromatic heterocycles. The lowest BCUT2D eigenvalue weighted by molar-refractivity contribution is -0.157. The average molecular weight is 226 g/mol. The molecule has 1 aromatic rings. The molecule has 5 N–H and O–H groups in total. The summed E-state index contributed by atoms with van der Waals surface area (Å²) in [7, 11) is 1.06. The number of H-pyrrole nitrogens is 1. The number of nitrogen functional groups attached to an aromatic ring is 1. The summed E-state index contributed by atoms with van der Waals surface area (Å²) in [5.74, 6) is -1.14. The number of aromatic nitrogens is 2. The van der Waals surface area contributed by atoms with E-state index >= 15 is 0 Å². The number of rotatable bonds is 3. The Bertz CT molecular complexity index is 436. The van der Waals surface area contributed by atoms with Gasteiger partial charge >= 0.3 is 5.97 Å². The summed E-state index contributed by atoms with van der Waals surface area (Å²) < 4.78 is 4.24. The Morgan fingerprint density at radius 2 is 2.31 bits per heavy atom. The smallest absolute Gasteiger partial charge is 0.337 e. The number of carbonyl (C=O) groups excluding carboxylic acids is 1. The second-order valence-electron chi connectivity index (χ2n) is 2.92. The molecule has 0 radical (unpaired) electrons. The predicted molar refractivity (Wildman–Crippen MR) is 50.7 cm³/mol. The highest BCUT2D eigenvalue weighted by Gasteiger charge is 2.30. The van der Waals surface area contributed by atoms with Gasteiger partial charge in [-0.25, -0.2) is 4.79 Å². The first kappa shape index (κ1) is 12.0. The first-order valence-corrected chi connectivity index (χ1v) is 4.20. The van der Waals surface area contributed by atoms with Crippen molar-refractivity contribution >= 4 is 11.8 Å². The minimum absolute atomic E-state index is 0.115. The number of aliphatic hydroxyl groups excluding tert-OH is 2. The zero-order valence-electron chi connectivity index (χ0n) is 8.34. The highest BCUT2D eigenvalue weighted by Crippen LogP contribution is 2.22. The van der Waals surface area contributed by atoms with E-state index in [-0.39, 0.29) is 17.1 Å². The molecule has 86 valence electrons. The van der Waals surface area contributed by atoms with Gasteiger partial charge in [0, 0.05) is 0 Å². The molecular weight excluding hydrogens is 216 g/mol. The van der Waals surface area contributed by atoms with Gasteiger partial charge in [-0.05, 0) is 0 Å². The fourth-order valence-electron chi connectivity index (χ4n) is 1.11. The van der Waals surface area contributed by atoms with Crippen LogP contribution in [0, 0.1) is 11.3 Å². The van der Waals surface area contributed by atoms with Crippen molar-refractivity contribution in [1.82, 2.24) is 10.2 Å². The van der Waals surface area contributed by atoms with Crippen molar-refractivity contribution in [3.63, 3.8) is 0 Å². The van der Waals surface area contributed by atoms with Crippen molar-refractivity contribution < 1.29 is 19.7 Å². The Morgan fingerprint density at radius 1 is 1.69 bits per heavy atom. The predicted octanol–water partition coefficient (Wildman–Crippen LogP) is -1.57. The van der Waals surface area contributed by atoms with Crippen molar-refractivity contribution in [1.29, 1.82) is 5.26 Å². The summed E-state index contributed by atoms with van der Waals surface area (Å²) in [6.07, 6.45) is -3.45. The normalized spacial score (nSPS) is 13.9. The summed E-state index contributed by atoms with van der Waals surface area (Å²) in [5, 5.41) is 33.4. The number of ether oxygens (including phenoxy) is 1. The Kier molecular flexibility index (Phi) is 3.44. The summed E-state index contributed by atoms with van der Waals surface area (Å²) in [6.45, 7) is 0. The minimum Gasteiger partial charge on any atom is -0.467 e. The van der Waals surface area contributed by atoms with E-state index in [2.05, 4.69) is 14.9 Å². The van der Waals surface area contributed by atoms with Gasteiger partial charge in [-0.2, -0.15) is 10.4 Å². The van der Waals surface area contributed by atoms with E-state index in [1.54, 1.807) is 6.07 Å². The van der Waals surface area contributed by atoms with Gasteiger partial charge in [-0.3, -0.25) is 5.10 Å². The van der Waals surface area contributed by atoms with Gasteiger partial charge in [0.2, 0.25) is 0 Å². The third-order valence-corrected chi connectivity index (χ3v) is 1.97. The number of carbonyl (C=O) groups is 1. The fraction of sp³-hybridized carbons (Fsp3) is 0.375. The molecule has 1 heterocycles. The lowest BCUT2D eigenvalue weighted by atomic mass is 10.1. The van der Waals surface area contributed by atoms with Gasteiger partial charge in [0.25, 0.3) is 0 Å². The molecule has 1 rings (SSSR count). The average Bonchev–Trinajstić information content (AvgIpc) is 2.67. The Hall–Kier alpha value is -2.11. The number of nitrogens with two attached hydrogens (primary N) is 1. The Morgan fingerprint density at radius 3 is 2.81 bits per heavy atom. The second-order valence-corrected chi connectivity index (χ2v) is 2.92. The maximum atomic E-state index is 11.0. The van der Waals surface area contributed by atoms with Gasteiger partial charge in [-0.15, -0.1) is 0 Å². The number of hydrogen-bond donors (Lipinski definition) is 4. The molecule has 0 aliphatic heterocycles. The largest absolute Gasteiger partial charge is 0.467 e. The Balaban J connectivity index is 3.01. The lowest BCUT2D eigenvalue weighted by Gasteiger charge is -2.14. The highest BCUT2D eigenvalue weighted by atomic mass is 16.5. The van der Waals surface area contributed by atoms with Gasteiger partial charge in [0.1, 0.15) is 17.7 Å². The Labute approximate surface area is 90.2 Å². The van der Waals surface area contributed by atoms with E-state index in [4.69, 9.17) is 11.0 Å². The molecular formula is C8H10N4O4. The van der Waals surface area contributed by atoms with Crippen LogP contribution in [0.5, 0.6) is 0 Å². The third-order valence-electron chi connectivity index (χ3n) is 1.97. The van der Waals surface area contributed by atoms with E-state index in [1.807, 2.05) is 0 Å². The van der Waals surface area contributed by atoms with Crippen LogP contribution in [-0.2, 0) is 9.53 Å². The number of nitriles is 1. The zero-order valence-corrected chi connectivity index (χ0v) is 8.34. The molecule has 2 unspecified atom stereocenters. The fourth-order valence-corrected chi connectivity index (χ4v) is 1.11. The van der Waals surface area contributed by atoms with E-state index in [1.165, 1.54) is 0 Å². The van der Waals surface area contributed by atoms with Crippen molar-refractivity contribution in [3.8, 4) is 6.07 Å². The van der Waals surface area contributed by atoms with Gasteiger partial charge in [0.05, 0.1) is 12.8 Å². The molecule has 0 saturated heterocycles. The summed E-state index contributed by atoms with van der Waals surface area (Å²) in [5.41, 5.74) is 5.08. The maximum absolute atomic E-state index is 11.0. The number of esters is 1. The zero-order chi connectivity index (χ0) is 12.3. The molecule has 0 aromatic carbocycles. The highest BCUT2D eigenvalue weighted by molar-refractivity contribution is 5.75. The third kappa shape index (κ3) is 1.95. The van der Waals surface area contributed by atoms with Gasteiger partial charge in [-0.1, -0.05) is 0 Å². The number of nitrogens with one attached hydrogen (secondary N) is 1. The van der Waals surface area contributed by atoms with Crippen LogP contribution in [0.25, 0.3) is 0 Å². The number of methoxy groups -OCH3 is 1. The number of hydrogen-bond acceptors (Lipinski definition) is 7. The van der Waals surface area contributed by atoms with Crippen LogP contribution in [0.1, 0.15) is 17.4 Å². The van der Waals surface area contributed by atoms with E-state index in [9.17, 15) is 15.0 Å². The number of aliphatic hydroxyl groups is 2. The van der Waals surface area contributed by atoms with Crippen molar-refractivity contribution in [2.75, 3.05) is 12.8 Å². The van der Waals surface area contributed by atoms with Crippen LogP contribution >= 0.6 is 0 Å². The van der Waals surface area contributed by atoms with Crippen molar-refractivity contribution in [2.45, 2.75) is 12.2 Å². The van der Waals surface area contributed by atoms with Gasteiger partial charge < -0.3 is 20.7 Å². The summed E-state index contributed by atoms with van der Waals surface area (Å²) in [6, 6.07) is 1.69. The van der Waals surface area contributed by atoms with Crippen LogP contribution < -0.4 is 5.73 Å². The summed E-state index contributed by atoms with van der Waals surface area (Å²) >= 11 is 0. The number of aromatic amines is 1. The van der Waals surface area contributed by atoms with Crippen molar-refractivity contribution in [2.24, 2.45) is 0 Å². The molecule has 0 amide bonds. The molecule has 0 saturated carbocycles. The molecule has 0 aliphatic carbocycles. The van der Waals surface area contributed by atoms with Crippen LogP contribution in [0.3, 0.4) is 0 Å². The molecule has 0 spiro atoms. The van der Waals surface area contributed by atoms with E-state index in [0.29, 0.717) is 0 Å². The monoisotopic (exact) mass is 226 g/mol. The molecule has 0 fully saturated rings. The quantitative estimate of drug-likeness (QED) is 0.455. The molecule has 8 heteroatoms.